The molecule has 2 rings (SSSR count). The zero-order chi connectivity index (χ0) is 16.7. The van der Waals surface area contributed by atoms with Crippen molar-refractivity contribution in [2.24, 2.45) is 5.92 Å². The molecule has 1 aromatic carbocycles. The average molecular weight is 316 g/mol. The average Bonchev–Trinajstić information content (AvgIpc) is 2.55. The van der Waals surface area contributed by atoms with Crippen LogP contribution in [0.2, 0.25) is 0 Å². The summed E-state index contributed by atoms with van der Waals surface area (Å²) in [7, 11) is 0. The van der Waals surface area contributed by atoms with Crippen LogP contribution in [0.4, 0.5) is 0 Å². The van der Waals surface area contributed by atoms with Gasteiger partial charge in [0.25, 0.3) is 0 Å². The summed E-state index contributed by atoms with van der Waals surface area (Å²) in [6.07, 6.45) is 5.46. The molecule has 3 nitrogen and oxygen atoms in total. The molecule has 1 N–H and O–H groups in total. The van der Waals surface area contributed by atoms with Crippen molar-refractivity contribution >= 4 is 5.91 Å². The van der Waals surface area contributed by atoms with Gasteiger partial charge in [-0.15, -0.1) is 0 Å². The third-order valence-electron chi connectivity index (χ3n) is 4.66. The monoisotopic (exact) mass is 316 g/mol. The normalized spacial score (nSPS) is 18.4. The van der Waals surface area contributed by atoms with E-state index in [-0.39, 0.29) is 0 Å². The molecule has 3 heteroatoms. The van der Waals surface area contributed by atoms with Crippen molar-refractivity contribution in [2.75, 3.05) is 13.1 Å². The van der Waals surface area contributed by atoms with Crippen LogP contribution < -0.4 is 5.32 Å². The summed E-state index contributed by atoms with van der Waals surface area (Å²) < 4.78 is 0. The summed E-state index contributed by atoms with van der Waals surface area (Å²) in [6.45, 7) is 9.32. The molecule has 1 amide bonds. The number of rotatable bonds is 7. The minimum atomic E-state index is 0.291. The summed E-state index contributed by atoms with van der Waals surface area (Å²) in [5, 5.41) is 3.42. The second-order valence-electron chi connectivity index (χ2n) is 7.17. The lowest BCUT2D eigenvalue weighted by atomic mass is 9.93. The molecule has 0 aliphatic carbocycles. The quantitative estimate of drug-likeness (QED) is 0.830. The maximum absolute atomic E-state index is 12.5. The number of amides is 1. The molecule has 0 aromatic heterocycles. The first-order valence-electron chi connectivity index (χ1n) is 9.17. The van der Waals surface area contributed by atoms with Crippen LogP contribution in [-0.2, 0) is 17.8 Å². The second kappa shape index (κ2) is 9.07. The third-order valence-corrected chi connectivity index (χ3v) is 4.66. The molecule has 1 aromatic rings. The van der Waals surface area contributed by atoms with Crippen molar-refractivity contribution in [3.05, 3.63) is 35.4 Å². The Morgan fingerprint density at radius 3 is 2.61 bits per heavy atom. The van der Waals surface area contributed by atoms with Gasteiger partial charge in [-0.05, 0) is 36.3 Å². The maximum Gasteiger partial charge on any atom is 0.226 e. The topological polar surface area (TPSA) is 32.3 Å². The first kappa shape index (κ1) is 18.0. The van der Waals surface area contributed by atoms with Gasteiger partial charge in [0, 0.05) is 25.7 Å². The number of carbonyl (C=O) groups is 1. The minimum Gasteiger partial charge on any atom is -0.342 e. The van der Waals surface area contributed by atoms with Gasteiger partial charge >= 0.3 is 0 Å². The number of hydrogen-bond acceptors (Lipinski definition) is 2. The van der Waals surface area contributed by atoms with Crippen molar-refractivity contribution in [1.82, 2.24) is 10.2 Å². The van der Waals surface area contributed by atoms with E-state index >= 15 is 0 Å². The van der Waals surface area contributed by atoms with E-state index in [4.69, 9.17) is 0 Å². The number of nitrogens with one attached hydrogen (secondary N) is 1. The van der Waals surface area contributed by atoms with Crippen molar-refractivity contribution in [3.8, 4) is 0 Å². The molecular formula is C20H32N2O. The molecule has 1 aliphatic heterocycles. The number of benzene rings is 1. The Balaban J connectivity index is 1.84. The Hall–Kier alpha value is -1.35. The molecule has 0 bridgehead atoms. The highest BCUT2D eigenvalue weighted by atomic mass is 16.2. The molecule has 1 fully saturated rings. The van der Waals surface area contributed by atoms with E-state index in [0.29, 0.717) is 24.3 Å². The first-order chi connectivity index (χ1) is 11.1. The van der Waals surface area contributed by atoms with Gasteiger partial charge in [0.05, 0.1) is 6.42 Å². The van der Waals surface area contributed by atoms with E-state index in [0.717, 1.165) is 31.6 Å². The molecule has 1 heterocycles. The van der Waals surface area contributed by atoms with Crippen LogP contribution in [0.5, 0.6) is 0 Å². The Morgan fingerprint density at radius 1 is 1.26 bits per heavy atom. The third kappa shape index (κ3) is 5.98. The number of carbonyl (C=O) groups excluding carboxylic acids is 1. The van der Waals surface area contributed by atoms with Crippen LogP contribution in [0.1, 0.15) is 57.6 Å². The molecule has 0 saturated carbocycles. The summed E-state index contributed by atoms with van der Waals surface area (Å²) in [6, 6.07) is 8.96. The van der Waals surface area contributed by atoms with E-state index in [9.17, 15) is 4.79 Å². The van der Waals surface area contributed by atoms with Crippen molar-refractivity contribution in [3.63, 3.8) is 0 Å². The summed E-state index contributed by atoms with van der Waals surface area (Å²) >= 11 is 0. The van der Waals surface area contributed by atoms with Crippen LogP contribution in [0.15, 0.2) is 24.3 Å². The van der Waals surface area contributed by atoms with Crippen LogP contribution in [-0.4, -0.2) is 29.9 Å². The second-order valence-corrected chi connectivity index (χ2v) is 7.17. The highest BCUT2D eigenvalue weighted by molar-refractivity contribution is 5.78. The van der Waals surface area contributed by atoms with E-state index in [1.807, 2.05) is 0 Å². The number of piperidine rings is 1. The van der Waals surface area contributed by atoms with Crippen LogP contribution in [0.3, 0.4) is 0 Å². The predicted octanol–water partition coefficient (Wildman–Crippen LogP) is 3.77. The largest absolute Gasteiger partial charge is 0.342 e. The predicted molar refractivity (Wildman–Crippen MR) is 96.3 cm³/mol. The fourth-order valence-corrected chi connectivity index (χ4v) is 3.32. The fourth-order valence-electron chi connectivity index (χ4n) is 3.32. The summed E-state index contributed by atoms with van der Waals surface area (Å²) in [4.78, 5) is 14.6. The van der Waals surface area contributed by atoms with Gasteiger partial charge in [-0.1, -0.05) is 51.5 Å². The minimum absolute atomic E-state index is 0.291. The molecule has 0 radical (unpaired) electrons. The molecule has 0 spiro atoms. The van der Waals surface area contributed by atoms with E-state index in [1.54, 1.807) is 0 Å². The van der Waals surface area contributed by atoms with Crippen molar-refractivity contribution in [2.45, 2.75) is 65.5 Å². The smallest absolute Gasteiger partial charge is 0.226 e. The highest BCUT2D eigenvalue weighted by Crippen LogP contribution is 2.21. The molecule has 1 aliphatic rings. The van der Waals surface area contributed by atoms with Gasteiger partial charge in [-0.2, -0.15) is 0 Å². The number of likely N-dealkylation sites (tertiary alicyclic amines) is 1. The van der Waals surface area contributed by atoms with Gasteiger partial charge in [0.2, 0.25) is 5.91 Å². The molecule has 1 unspecified atom stereocenters. The SMILES string of the molecule is CCCC1CCCN(C(=O)Cc2ccc(CNC(C)C)cc2)C1. The highest BCUT2D eigenvalue weighted by Gasteiger charge is 2.22. The van der Waals surface area contributed by atoms with Gasteiger partial charge in [0.1, 0.15) is 0 Å². The first-order valence-corrected chi connectivity index (χ1v) is 9.17. The lowest BCUT2D eigenvalue weighted by Gasteiger charge is -2.32. The van der Waals surface area contributed by atoms with E-state index in [2.05, 4.69) is 55.3 Å². The van der Waals surface area contributed by atoms with Gasteiger partial charge in [-0.25, -0.2) is 0 Å². The van der Waals surface area contributed by atoms with Gasteiger partial charge < -0.3 is 10.2 Å². The Morgan fingerprint density at radius 2 is 1.96 bits per heavy atom. The standard InChI is InChI=1S/C20H32N2O/c1-4-6-19-7-5-12-22(15-19)20(23)13-17-8-10-18(11-9-17)14-21-16(2)3/h8-11,16,19,21H,4-7,12-15H2,1-3H3. The van der Waals surface area contributed by atoms with E-state index < -0.39 is 0 Å². The molecule has 23 heavy (non-hydrogen) atoms. The van der Waals surface area contributed by atoms with Crippen LogP contribution in [0, 0.1) is 5.92 Å². The lowest BCUT2D eigenvalue weighted by molar-refractivity contribution is -0.132. The van der Waals surface area contributed by atoms with Crippen molar-refractivity contribution < 1.29 is 4.79 Å². The molecule has 128 valence electrons. The summed E-state index contributed by atoms with van der Waals surface area (Å²) in [5.41, 5.74) is 2.40. The number of hydrogen-bond donors (Lipinski definition) is 1. The molecule has 1 atom stereocenters. The Kier molecular flexibility index (Phi) is 7.10. The Bertz CT molecular complexity index is 479. The zero-order valence-corrected chi connectivity index (χ0v) is 15.0. The maximum atomic E-state index is 12.5. The molecular weight excluding hydrogens is 284 g/mol. The van der Waals surface area contributed by atoms with Crippen molar-refractivity contribution in [1.29, 1.82) is 0 Å². The zero-order valence-electron chi connectivity index (χ0n) is 15.0. The van der Waals surface area contributed by atoms with E-state index in [1.165, 1.54) is 24.8 Å². The van der Waals surface area contributed by atoms with Crippen LogP contribution >= 0.6 is 0 Å². The Labute approximate surface area is 141 Å². The summed E-state index contributed by atoms with van der Waals surface area (Å²) in [5.74, 6) is 1.00. The number of nitrogens with zero attached hydrogens (tertiary/aromatic N) is 1. The molecule has 1 saturated heterocycles. The van der Waals surface area contributed by atoms with Crippen LogP contribution in [0.25, 0.3) is 0 Å². The van der Waals surface area contributed by atoms with Gasteiger partial charge in [0.15, 0.2) is 0 Å². The van der Waals surface area contributed by atoms with Gasteiger partial charge in [-0.3, -0.25) is 4.79 Å². The fraction of sp³-hybridized carbons (Fsp3) is 0.650. The lowest BCUT2D eigenvalue weighted by Crippen LogP contribution is -2.40.